The highest BCUT2D eigenvalue weighted by atomic mass is 32.2. The molecular formula is C13H20FNO3S. The van der Waals surface area contributed by atoms with Gasteiger partial charge in [0.2, 0.25) is 0 Å². The lowest BCUT2D eigenvalue weighted by Gasteiger charge is -2.33. The second-order valence-electron chi connectivity index (χ2n) is 4.98. The minimum Gasteiger partial charge on any atom is -0.496 e. The van der Waals surface area contributed by atoms with Crippen molar-refractivity contribution in [2.75, 3.05) is 20.4 Å². The van der Waals surface area contributed by atoms with E-state index >= 15 is 0 Å². The van der Waals surface area contributed by atoms with Crippen LogP contribution in [0.3, 0.4) is 0 Å². The Bertz CT molecular complexity index is 555. The number of methoxy groups -OCH3 is 1. The number of halogens is 1. The molecule has 0 aliphatic heterocycles. The van der Waals surface area contributed by atoms with Gasteiger partial charge in [-0.25, -0.2) is 12.8 Å². The summed E-state index contributed by atoms with van der Waals surface area (Å²) in [6, 6.07) is 3.50. The maximum atomic E-state index is 13.4. The molecule has 0 saturated heterocycles. The molecule has 0 amide bonds. The molecule has 0 aliphatic carbocycles. The highest BCUT2D eigenvalue weighted by Gasteiger charge is 2.40. The second kappa shape index (κ2) is 5.46. The van der Waals surface area contributed by atoms with Crippen LogP contribution in [0, 0.1) is 5.82 Å². The second-order valence-corrected chi connectivity index (χ2v) is 7.58. The lowest BCUT2D eigenvalue weighted by Crippen LogP contribution is -2.44. The summed E-state index contributed by atoms with van der Waals surface area (Å²) in [5.41, 5.74) is 0.487. The fourth-order valence-electron chi connectivity index (χ4n) is 2.02. The highest BCUT2D eigenvalue weighted by Crippen LogP contribution is 2.36. The van der Waals surface area contributed by atoms with Crippen LogP contribution in [-0.4, -0.2) is 33.6 Å². The van der Waals surface area contributed by atoms with Crippen LogP contribution in [0.4, 0.5) is 4.39 Å². The van der Waals surface area contributed by atoms with Gasteiger partial charge in [-0.3, -0.25) is 0 Å². The number of hydrogen-bond acceptors (Lipinski definition) is 4. The molecule has 1 rings (SSSR count). The molecule has 1 aromatic carbocycles. The Morgan fingerprint density at radius 2 is 1.95 bits per heavy atom. The lowest BCUT2D eigenvalue weighted by atomic mass is 9.94. The van der Waals surface area contributed by atoms with E-state index in [1.165, 1.54) is 31.6 Å². The van der Waals surface area contributed by atoms with Crippen LogP contribution in [-0.2, 0) is 9.84 Å². The molecular weight excluding hydrogens is 269 g/mol. The third kappa shape index (κ3) is 3.06. The van der Waals surface area contributed by atoms with E-state index in [0.29, 0.717) is 11.3 Å². The van der Waals surface area contributed by atoms with Gasteiger partial charge in [-0.15, -0.1) is 0 Å². The standard InChI is InChI=1S/C13H20FNO3S/c1-13(2,19(5,16)17)12(15-3)10-8-9(14)6-7-11(10)18-4/h6-8,12,15H,1-5H3. The molecule has 0 spiro atoms. The zero-order valence-corrected chi connectivity index (χ0v) is 12.6. The molecule has 6 heteroatoms. The number of ether oxygens (including phenoxy) is 1. The molecule has 19 heavy (non-hydrogen) atoms. The van der Waals surface area contributed by atoms with E-state index in [9.17, 15) is 12.8 Å². The molecule has 1 N–H and O–H groups in total. The Morgan fingerprint density at radius 1 is 1.37 bits per heavy atom. The predicted octanol–water partition coefficient (Wildman–Crippen LogP) is 1.92. The molecule has 0 bridgehead atoms. The lowest BCUT2D eigenvalue weighted by molar-refractivity contribution is 0.383. The molecule has 1 unspecified atom stereocenters. The Labute approximate surface area is 113 Å². The van der Waals surface area contributed by atoms with Crippen molar-refractivity contribution in [3.8, 4) is 5.75 Å². The molecule has 4 nitrogen and oxygen atoms in total. The molecule has 0 aliphatic rings. The van der Waals surface area contributed by atoms with Crippen LogP contribution < -0.4 is 10.1 Å². The van der Waals surface area contributed by atoms with Crippen LogP contribution in [0.2, 0.25) is 0 Å². The first-order valence-electron chi connectivity index (χ1n) is 5.85. The summed E-state index contributed by atoms with van der Waals surface area (Å²) in [6.07, 6.45) is 1.17. The smallest absolute Gasteiger partial charge is 0.154 e. The minimum absolute atomic E-state index is 0.430. The Morgan fingerprint density at radius 3 is 2.37 bits per heavy atom. The summed E-state index contributed by atoms with van der Waals surface area (Å²) < 4.78 is 41.4. The quantitative estimate of drug-likeness (QED) is 0.900. The third-order valence-electron chi connectivity index (χ3n) is 3.44. The van der Waals surface area contributed by atoms with E-state index in [1.54, 1.807) is 20.9 Å². The minimum atomic E-state index is -3.34. The van der Waals surface area contributed by atoms with Crippen molar-refractivity contribution in [1.82, 2.24) is 5.32 Å². The van der Waals surface area contributed by atoms with Gasteiger partial charge < -0.3 is 10.1 Å². The fourth-order valence-corrected chi connectivity index (χ4v) is 2.70. The number of hydrogen-bond donors (Lipinski definition) is 1. The van der Waals surface area contributed by atoms with Gasteiger partial charge in [0.1, 0.15) is 11.6 Å². The van der Waals surface area contributed by atoms with Gasteiger partial charge in [-0.1, -0.05) is 0 Å². The summed E-state index contributed by atoms with van der Waals surface area (Å²) in [4.78, 5) is 0. The summed E-state index contributed by atoms with van der Waals surface area (Å²) in [5, 5.41) is 2.94. The van der Waals surface area contributed by atoms with Crippen molar-refractivity contribution in [3.05, 3.63) is 29.6 Å². The third-order valence-corrected chi connectivity index (χ3v) is 5.59. The van der Waals surface area contributed by atoms with Crippen LogP contribution in [0.25, 0.3) is 0 Å². The molecule has 0 radical (unpaired) electrons. The van der Waals surface area contributed by atoms with E-state index in [2.05, 4.69) is 5.32 Å². The van der Waals surface area contributed by atoms with Crippen molar-refractivity contribution in [2.24, 2.45) is 0 Å². The molecule has 0 aromatic heterocycles. The summed E-state index contributed by atoms with van der Waals surface area (Å²) in [5.74, 6) is 0.0258. The zero-order valence-electron chi connectivity index (χ0n) is 11.8. The van der Waals surface area contributed by atoms with Crippen molar-refractivity contribution in [2.45, 2.75) is 24.6 Å². The molecule has 1 aromatic rings. The van der Waals surface area contributed by atoms with Gasteiger partial charge >= 0.3 is 0 Å². The number of rotatable bonds is 5. The largest absolute Gasteiger partial charge is 0.496 e. The molecule has 0 heterocycles. The van der Waals surface area contributed by atoms with Crippen molar-refractivity contribution in [1.29, 1.82) is 0 Å². The Balaban J connectivity index is 3.44. The maximum absolute atomic E-state index is 13.4. The molecule has 108 valence electrons. The maximum Gasteiger partial charge on any atom is 0.154 e. The molecule has 1 atom stereocenters. The SMILES string of the molecule is CNC(c1cc(F)ccc1OC)C(C)(C)S(C)(=O)=O. The van der Waals surface area contributed by atoms with Gasteiger partial charge in [0.25, 0.3) is 0 Å². The summed E-state index contributed by atoms with van der Waals surface area (Å²) >= 11 is 0. The van der Waals surface area contributed by atoms with Crippen molar-refractivity contribution in [3.63, 3.8) is 0 Å². The molecule has 0 fully saturated rings. The fraction of sp³-hybridized carbons (Fsp3) is 0.538. The van der Waals surface area contributed by atoms with Crippen molar-refractivity contribution >= 4 is 9.84 Å². The van der Waals surface area contributed by atoms with Crippen LogP contribution in [0.1, 0.15) is 25.5 Å². The highest BCUT2D eigenvalue weighted by molar-refractivity contribution is 7.92. The first-order valence-corrected chi connectivity index (χ1v) is 7.74. The van der Waals surface area contributed by atoms with Gasteiger partial charge in [0.15, 0.2) is 9.84 Å². The van der Waals surface area contributed by atoms with E-state index in [0.717, 1.165) is 0 Å². The van der Waals surface area contributed by atoms with Crippen molar-refractivity contribution < 1.29 is 17.5 Å². The normalized spacial score (nSPS) is 14.2. The first-order chi connectivity index (χ1) is 8.65. The first kappa shape index (κ1) is 15.9. The van der Waals surface area contributed by atoms with E-state index in [-0.39, 0.29) is 0 Å². The van der Waals surface area contributed by atoms with Crippen LogP contribution >= 0.6 is 0 Å². The van der Waals surface area contributed by atoms with E-state index in [4.69, 9.17) is 4.74 Å². The average molecular weight is 289 g/mol. The van der Waals surface area contributed by atoms with E-state index in [1.807, 2.05) is 0 Å². The monoisotopic (exact) mass is 289 g/mol. The summed E-state index contributed by atoms with van der Waals surface area (Å²) in [7, 11) is -0.230. The predicted molar refractivity (Wildman–Crippen MR) is 73.7 cm³/mol. The number of nitrogens with one attached hydrogen (secondary N) is 1. The van der Waals surface area contributed by atoms with E-state index < -0.39 is 26.4 Å². The topological polar surface area (TPSA) is 55.4 Å². The molecule has 0 saturated carbocycles. The summed E-state index contributed by atoms with van der Waals surface area (Å²) in [6.45, 7) is 3.21. The average Bonchev–Trinajstić information content (AvgIpc) is 2.28. The van der Waals surface area contributed by atoms with Gasteiger partial charge in [-0.2, -0.15) is 0 Å². The Kier molecular flexibility index (Phi) is 4.58. The van der Waals surface area contributed by atoms with Crippen LogP contribution in [0.15, 0.2) is 18.2 Å². The zero-order chi connectivity index (χ0) is 14.8. The Hall–Kier alpha value is -1.14. The number of benzene rings is 1. The van der Waals surface area contributed by atoms with Gasteiger partial charge in [0.05, 0.1) is 17.9 Å². The van der Waals surface area contributed by atoms with Gasteiger partial charge in [0, 0.05) is 11.8 Å². The van der Waals surface area contributed by atoms with Gasteiger partial charge in [-0.05, 0) is 39.1 Å². The number of sulfone groups is 1. The van der Waals surface area contributed by atoms with Crippen LogP contribution in [0.5, 0.6) is 5.75 Å².